The molecule has 4 rings (SSSR count). The molecule has 3 heterocycles. The summed E-state index contributed by atoms with van der Waals surface area (Å²) < 4.78 is 10.2. The number of hydrogen-bond donors (Lipinski definition) is 0. The van der Waals surface area contributed by atoms with E-state index in [1.54, 1.807) is 48.5 Å². The molecule has 0 bridgehead atoms. The molecule has 0 saturated carbocycles. The molecular formula is C25H18ClN3O4. The van der Waals surface area contributed by atoms with Gasteiger partial charge in [0.25, 0.3) is 0 Å². The van der Waals surface area contributed by atoms with E-state index >= 15 is 0 Å². The first kappa shape index (κ1) is 22.1. The predicted octanol–water partition coefficient (Wildman–Crippen LogP) is 5.38. The number of esters is 2. The van der Waals surface area contributed by atoms with Gasteiger partial charge in [-0.2, -0.15) is 0 Å². The zero-order valence-electron chi connectivity index (χ0n) is 17.8. The van der Waals surface area contributed by atoms with E-state index in [1.807, 2.05) is 24.3 Å². The van der Waals surface area contributed by atoms with E-state index in [0.717, 1.165) is 11.1 Å². The number of rotatable bonds is 5. The lowest BCUT2D eigenvalue weighted by Crippen LogP contribution is -2.04. The van der Waals surface area contributed by atoms with Gasteiger partial charge in [-0.3, -0.25) is 9.59 Å². The Labute approximate surface area is 195 Å². The molecule has 0 N–H and O–H groups in total. The summed E-state index contributed by atoms with van der Waals surface area (Å²) in [4.78, 5) is 36.2. The summed E-state index contributed by atoms with van der Waals surface area (Å²) in [6, 6.07) is 21.4. The highest BCUT2D eigenvalue weighted by atomic mass is 35.5. The lowest BCUT2D eigenvalue weighted by Gasteiger charge is -2.11. The normalized spacial score (nSPS) is 10.5. The molecule has 0 unspecified atom stereocenters. The van der Waals surface area contributed by atoms with Gasteiger partial charge in [0, 0.05) is 31.0 Å². The molecular weight excluding hydrogens is 442 g/mol. The van der Waals surface area contributed by atoms with Crippen molar-refractivity contribution in [3.8, 4) is 45.7 Å². The Kier molecular flexibility index (Phi) is 6.42. The fourth-order valence-electron chi connectivity index (χ4n) is 3.13. The third-order valence-corrected chi connectivity index (χ3v) is 4.72. The Bertz CT molecular complexity index is 1260. The van der Waals surface area contributed by atoms with Crippen LogP contribution in [0.2, 0.25) is 5.02 Å². The van der Waals surface area contributed by atoms with E-state index in [-0.39, 0.29) is 11.8 Å². The van der Waals surface area contributed by atoms with Crippen molar-refractivity contribution in [1.82, 2.24) is 15.0 Å². The Morgan fingerprint density at radius 3 is 1.58 bits per heavy atom. The number of aromatic nitrogens is 3. The van der Waals surface area contributed by atoms with Gasteiger partial charge >= 0.3 is 11.9 Å². The van der Waals surface area contributed by atoms with Crippen LogP contribution >= 0.6 is 11.6 Å². The molecule has 4 aromatic rings. The Morgan fingerprint density at radius 1 is 0.636 bits per heavy atom. The molecule has 0 aliphatic rings. The summed E-state index contributed by atoms with van der Waals surface area (Å²) in [6.45, 7) is 2.63. The van der Waals surface area contributed by atoms with Crippen molar-refractivity contribution in [1.29, 1.82) is 0 Å². The van der Waals surface area contributed by atoms with Crippen molar-refractivity contribution >= 4 is 23.5 Å². The highest BCUT2D eigenvalue weighted by Crippen LogP contribution is 2.30. The van der Waals surface area contributed by atoms with Crippen LogP contribution in [0.4, 0.5) is 0 Å². The monoisotopic (exact) mass is 459 g/mol. The van der Waals surface area contributed by atoms with Crippen LogP contribution < -0.4 is 9.47 Å². The number of carbonyl (C=O) groups is 2. The molecule has 8 heteroatoms. The lowest BCUT2D eigenvalue weighted by molar-refractivity contribution is -0.133. The van der Waals surface area contributed by atoms with Crippen LogP contribution in [0.5, 0.6) is 11.8 Å². The number of pyridine rings is 3. The highest BCUT2D eigenvalue weighted by Gasteiger charge is 2.13. The van der Waals surface area contributed by atoms with E-state index < -0.39 is 11.9 Å². The summed E-state index contributed by atoms with van der Waals surface area (Å²) in [5.74, 6) is -0.574. The maximum atomic E-state index is 11.3. The Hall–Kier alpha value is -4.10. The molecule has 0 amide bonds. The molecule has 0 radical (unpaired) electrons. The van der Waals surface area contributed by atoms with E-state index in [9.17, 15) is 9.59 Å². The molecule has 0 saturated heterocycles. The third kappa shape index (κ3) is 5.58. The molecule has 0 atom stereocenters. The second kappa shape index (κ2) is 9.58. The quantitative estimate of drug-likeness (QED) is 0.370. The topological polar surface area (TPSA) is 91.3 Å². The average Bonchev–Trinajstić information content (AvgIpc) is 2.79. The predicted molar refractivity (Wildman–Crippen MR) is 124 cm³/mol. The summed E-state index contributed by atoms with van der Waals surface area (Å²) in [7, 11) is 0. The van der Waals surface area contributed by atoms with Gasteiger partial charge in [0.2, 0.25) is 11.8 Å². The minimum absolute atomic E-state index is 0.176. The molecule has 164 valence electrons. The van der Waals surface area contributed by atoms with Crippen LogP contribution in [-0.2, 0) is 9.59 Å². The number of ether oxygens (including phenoxy) is 2. The van der Waals surface area contributed by atoms with Crippen molar-refractivity contribution in [3.63, 3.8) is 0 Å². The van der Waals surface area contributed by atoms with Crippen molar-refractivity contribution in [3.05, 3.63) is 77.8 Å². The van der Waals surface area contributed by atoms with Crippen LogP contribution in [0.25, 0.3) is 33.9 Å². The minimum atomic E-state index is -0.463. The number of hydrogen-bond acceptors (Lipinski definition) is 7. The van der Waals surface area contributed by atoms with Crippen LogP contribution in [-0.4, -0.2) is 26.9 Å². The lowest BCUT2D eigenvalue weighted by atomic mass is 10.0. The number of carbonyl (C=O) groups excluding carboxylic acids is 2. The van der Waals surface area contributed by atoms with Gasteiger partial charge in [-0.1, -0.05) is 35.9 Å². The van der Waals surface area contributed by atoms with E-state index in [2.05, 4.69) is 9.97 Å². The molecule has 33 heavy (non-hydrogen) atoms. The highest BCUT2D eigenvalue weighted by molar-refractivity contribution is 6.30. The largest absolute Gasteiger partial charge is 0.408 e. The average molecular weight is 460 g/mol. The van der Waals surface area contributed by atoms with E-state index in [1.165, 1.54) is 13.8 Å². The van der Waals surface area contributed by atoms with Gasteiger partial charge in [0.1, 0.15) is 0 Å². The maximum Gasteiger partial charge on any atom is 0.309 e. The number of nitrogens with zero attached hydrogens (tertiary/aromatic N) is 3. The summed E-state index contributed by atoms with van der Waals surface area (Å²) in [5.41, 5.74) is 3.89. The number of benzene rings is 1. The minimum Gasteiger partial charge on any atom is -0.408 e. The van der Waals surface area contributed by atoms with Gasteiger partial charge < -0.3 is 9.47 Å². The van der Waals surface area contributed by atoms with Gasteiger partial charge in [0.15, 0.2) is 0 Å². The Morgan fingerprint density at radius 2 is 1.12 bits per heavy atom. The molecule has 0 spiro atoms. The Balaban J connectivity index is 1.85. The molecule has 0 aliphatic carbocycles. The zero-order chi connectivity index (χ0) is 23.4. The van der Waals surface area contributed by atoms with Crippen LogP contribution in [0.15, 0.2) is 72.8 Å². The SMILES string of the molecule is CC(=O)Oc1cccc(-c2cc(-c3ccc(Cl)cc3)cc(-c3cccc(OC(C)=O)n3)n2)n1. The fraction of sp³-hybridized carbons (Fsp3) is 0.0800. The molecule has 0 aliphatic heterocycles. The van der Waals surface area contributed by atoms with Gasteiger partial charge in [-0.05, 0) is 47.5 Å². The van der Waals surface area contributed by atoms with Gasteiger partial charge in [-0.15, -0.1) is 0 Å². The summed E-state index contributed by atoms with van der Waals surface area (Å²) in [6.07, 6.45) is 0. The third-order valence-electron chi connectivity index (χ3n) is 4.47. The van der Waals surface area contributed by atoms with Gasteiger partial charge in [0.05, 0.1) is 22.8 Å². The first-order chi connectivity index (χ1) is 15.9. The van der Waals surface area contributed by atoms with Crippen LogP contribution in [0.1, 0.15) is 13.8 Å². The van der Waals surface area contributed by atoms with Crippen LogP contribution in [0, 0.1) is 0 Å². The van der Waals surface area contributed by atoms with E-state index in [4.69, 9.17) is 26.1 Å². The second-order valence-corrected chi connectivity index (χ2v) is 7.48. The van der Waals surface area contributed by atoms with Crippen molar-refractivity contribution in [2.24, 2.45) is 0 Å². The summed E-state index contributed by atoms with van der Waals surface area (Å²) in [5, 5.41) is 0.625. The van der Waals surface area contributed by atoms with Crippen molar-refractivity contribution in [2.45, 2.75) is 13.8 Å². The van der Waals surface area contributed by atoms with Crippen molar-refractivity contribution in [2.75, 3.05) is 0 Å². The molecule has 3 aromatic heterocycles. The first-order valence-electron chi connectivity index (χ1n) is 9.97. The standard InChI is InChI=1S/C25H18ClN3O4/c1-15(30)32-24-7-3-5-20(28-24)22-13-18(17-9-11-19(26)12-10-17)14-23(27-22)21-6-4-8-25(29-21)33-16(2)31/h3-14H,1-2H3. The van der Waals surface area contributed by atoms with E-state index in [0.29, 0.717) is 27.8 Å². The maximum absolute atomic E-state index is 11.3. The van der Waals surface area contributed by atoms with Crippen LogP contribution in [0.3, 0.4) is 0 Å². The molecule has 7 nitrogen and oxygen atoms in total. The second-order valence-electron chi connectivity index (χ2n) is 7.04. The first-order valence-corrected chi connectivity index (χ1v) is 10.3. The summed E-state index contributed by atoms with van der Waals surface area (Å²) >= 11 is 6.06. The zero-order valence-corrected chi connectivity index (χ0v) is 18.5. The smallest absolute Gasteiger partial charge is 0.309 e. The number of halogens is 1. The fourth-order valence-corrected chi connectivity index (χ4v) is 3.25. The van der Waals surface area contributed by atoms with Gasteiger partial charge in [-0.25, -0.2) is 15.0 Å². The molecule has 1 aromatic carbocycles. The van der Waals surface area contributed by atoms with Crippen molar-refractivity contribution < 1.29 is 19.1 Å². The molecule has 0 fully saturated rings.